The van der Waals surface area contributed by atoms with Crippen molar-refractivity contribution >= 4 is 11.0 Å². The standard InChI is InChI=1S/C17H14O7/c1-22-13-4-3-9(16(23-2)15(13)20)10-5-8-6-11(18)12(19)7-14(8)24-17(10)21/h3-7,18-20H,1-2H3. The van der Waals surface area contributed by atoms with Gasteiger partial charge in [0.25, 0.3) is 0 Å². The lowest BCUT2D eigenvalue weighted by atomic mass is 10.0. The van der Waals surface area contributed by atoms with Gasteiger partial charge < -0.3 is 29.2 Å². The van der Waals surface area contributed by atoms with Crippen molar-refractivity contribution in [3.05, 3.63) is 40.8 Å². The third-order valence-corrected chi connectivity index (χ3v) is 3.64. The number of fused-ring (bicyclic) bond motifs is 1. The SMILES string of the molecule is COc1ccc(-c2cc3cc(O)c(O)cc3oc2=O)c(OC)c1O. The van der Waals surface area contributed by atoms with E-state index in [-0.39, 0.29) is 34.1 Å². The molecule has 0 saturated carbocycles. The molecule has 0 atom stereocenters. The van der Waals surface area contributed by atoms with Crippen LogP contribution < -0.4 is 15.1 Å². The van der Waals surface area contributed by atoms with Gasteiger partial charge in [-0.05, 0) is 24.3 Å². The molecular formula is C17H14O7. The van der Waals surface area contributed by atoms with E-state index in [0.717, 1.165) is 6.07 Å². The molecule has 1 aromatic heterocycles. The van der Waals surface area contributed by atoms with Crippen LogP contribution in [0.25, 0.3) is 22.1 Å². The van der Waals surface area contributed by atoms with E-state index in [4.69, 9.17) is 13.9 Å². The van der Waals surface area contributed by atoms with Crippen molar-refractivity contribution < 1.29 is 29.2 Å². The van der Waals surface area contributed by atoms with Gasteiger partial charge in [-0.25, -0.2) is 4.79 Å². The van der Waals surface area contributed by atoms with Gasteiger partial charge in [0.05, 0.1) is 19.8 Å². The highest BCUT2D eigenvalue weighted by Gasteiger charge is 2.19. The zero-order valence-corrected chi connectivity index (χ0v) is 12.9. The number of aromatic hydroxyl groups is 3. The van der Waals surface area contributed by atoms with Gasteiger partial charge in [-0.3, -0.25) is 0 Å². The molecular weight excluding hydrogens is 316 g/mol. The molecule has 0 amide bonds. The molecule has 24 heavy (non-hydrogen) atoms. The summed E-state index contributed by atoms with van der Waals surface area (Å²) in [6, 6.07) is 6.94. The summed E-state index contributed by atoms with van der Waals surface area (Å²) in [5.74, 6) is -0.720. The summed E-state index contributed by atoms with van der Waals surface area (Å²) >= 11 is 0. The third-order valence-electron chi connectivity index (χ3n) is 3.64. The van der Waals surface area contributed by atoms with Crippen LogP contribution in [0.3, 0.4) is 0 Å². The second-order valence-electron chi connectivity index (χ2n) is 5.02. The molecule has 7 heteroatoms. The zero-order chi connectivity index (χ0) is 17.4. The molecule has 124 valence electrons. The summed E-state index contributed by atoms with van der Waals surface area (Å²) in [7, 11) is 2.75. The van der Waals surface area contributed by atoms with Crippen LogP contribution in [-0.4, -0.2) is 29.5 Å². The fourth-order valence-corrected chi connectivity index (χ4v) is 2.47. The topological polar surface area (TPSA) is 109 Å². The van der Waals surface area contributed by atoms with Crippen LogP contribution in [-0.2, 0) is 0 Å². The van der Waals surface area contributed by atoms with Crippen LogP contribution in [0.4, 0.5) is 0 Å². The predicted molar refractivity (Wildman–Crippen MR) is 86.0 cm³/mol. The lowest BCUT2D eigenvalue weighted by Gasteiger charge is -2.13. The van der Waals surface area contributed by atoms with E-state index in [1.165, 1.54) is 32.4 Å². The van der Waals surface area contributed by atoms with Crippen molar-refractivity contribution in [3.8, 4) is 39.9 Å². The number of ether oxygens (including phenoxy) is 2. The number of hydrogen-bond donors (Lipinski definition) is 3. The minimum absolute atomic E-state index is 0.0593. The number of phenolic OH excluding ortho intramolecular Hbond substituents is 3. The molecule has 0 spiro atoms. The van der Waals surface area contributed by atoms with Gasteiger partial charge >= 0.3 is 5.63 Å². The van der Waals surface area contributed by atoms with Crippen molar-refractivity contribution in [1.29, 1.82) is 0 Å². The molecule has 3 rings (SSSR count). The van der Waals surface area contributed by atoms with Crippen molar-refractivity contribution in [1.82, 2.24) is 0 Å². The van der Waals surface area contributed by atoms with E-state index < -0.39 is 11.4 Å². The maximum atomic E-state index is 12.3. The highest BCUT2D eigenvalue weighted by molar-refractivity contribution is 5.86. The first-order valence-corrected chi connectivity index (χ1v) is 6.90. The van der Waals surface area contributed by atoms with Crippen LogP contribution in [0, 0.1) is 0 Å². The fourth-order valence-electron chi connectivity index (χ4n) is 2.47. The Balaban J connectivity index is 2.30. The number of benzene rings is 2. The quantitative estimate of drug-likeness (QED) is 0.500. The zero-order valence-electron chi connectivity index (χ0n) is 12.9. The summed E-state index contributed by atoms with van der Waals surface area (Å²) in [6.07, 6.45) is 0. The van der Waals surface area contributed by atoms with Gasteiger partial charge in [0.1, 0.15) is 5.58 Å². The summed E-state index contributed by atoms with van der Waals surface area (Å²) < 4.78 is 15.4. The van der Waals surface area contributed by atoms with Crippen LogP contribution in [0.15, 0.2) is 39.5 Å². The maximum Gasteiger partial charge on any atom is 0.344 e. The van der Waals surface area contributed by atoms with Gasteiger partial charge in [-0.15, -0.1) is 0 Å². The average Bonchev–Trinajstić information content (AvgIpc) is 2.56. The van der Waals surface area contributed by atoms with Crippen molar-refractivity contribution in [3.63, 3.8) is 0 Å². The Kier molecular flexibility index (Phi) is 3.69. The molecule has 0 aliphatic heterocycles. The molecule has 2 aromatic carbocycles. The van der Waals surface area contributed by atoms with Gasteiger partial charge in [0, 0.05) is 17.0 Å². The van der Waals surface area contributed by atoms with E-state index in [0.29, 0.717) is 10.9 Å². The predicted octanol–water partition coefficient (Wildman–Crippen LogP) is 2.59. The average molecular weight is 330 g/mol. The van der Waals surface area contributed by atoms with Crippen LogP contribution in [0.2, 0.25) is 0 Å². The monoisotopic (exact) mass is 330 g/mol. The number of hydrogen-bond acceptors (Lipinski definition) is 7. The molecule has 0 unspecified atom stereocenters. The Morgan fingerprint density at radius 3 is 2.29 bits per heavy atom. The fraction of sp³-hybridized carbons (Fsp3) is 0.118. The molecule has 0 fully saturated rings. The Labute approximate surface area is 135 Å². The summed E-state index contributed by atoms with van der Waals surface area (Å²) in [5, 5.41) is 29.7. The smallest absolute Gasteiger partial charge is 0.344 e. The Hall–Kier alpha value is -3.35. The Bertz CT molecular complexity index is 988. The van der Waals surface area contributed by atoms with Crippen molar-refractivity contribution in [2.75, 3.05) is 14.2 Å². The van der Waals surface area contributed by atoms with Gasteiger partial charge in [-0.1, -0.05) is 0 Å². The van der Waals surface area contributed by atoms with E-state index in [2.05, 4.69) is 0 Å². The minimum Gasteiger partial charge on any atom is -0.504 e. The number of rotatable bonds is 3. The molecule has 3 N–H and O–H groups in total. The first-order chi connectivity index (χ1) is 11.5. The first kappa shape index (κ1) is 15.5. The normalized spacial score (nSPS) is 10.8. The van der Waals surface area contributed by atoms with Crippen molar-refractivity contribution in [2.24, 2.45) is 0 Å². The van der Waals surface area contributed by atoms with Crippen LogP contribution in [0.5, 0.6) is 28.7 Å². The van der Waals surface area contributed by atoms with Gasteiger partial charge in [0.15, 0.2) is 23.0 Å². The molecule has 0 radical (unpaired) electrons. The van der Waals surface area contributed by atoms with Gasteiger partial charge in [0.2, 0.25) is 5.75 Å². The Morgan fingerprint density at radius 2 is 1.62 bits per heavy atom. The highest BCUT2D eigenvalue weighted by Crippen LogP contribution is 2.43. The van der Waals surface area contributed by atoms with E-state index in [1.54, 1.807) is 6.07 Å². The van der Waals surface area contributed by atoms with Crippen LogP contribution in [0.1, 0.15) is 0 Å². The second-order valence-corrected chi connectivity index (χ2v) is 5.02. The molecule has 0 saturated heterocycles. The molecule has 3 aromatic rings. The molecule has 0 aliphatic rings. The highest BCUT2D eigenvalue weighted by atomic mass is 16.5. The summed E-state index contributed by atoms with van der Waals surface area (Å²) in [6.45, 7) is 0. The molecule has 1 heterocycles. The third kappa shape index (κ3) is 2.36. The van der Waals surface area contributed by atoms with E-state index in [1.807, 2.05) is 0 Å². The molecule has 0 aliphatic carbocycles. The second kappa shape index (κ2) is 5.69. The lowest BCUT2D eigenvalue weighted by molar-refractivity contribution is 0.341. The first-order valence-electron chi connectivity index (χ1n) is 6.90. The van der Waals surface area contributed by atoms with Gasteiger partial charge in [-0.2, -0.15) is 0 Å². The molecule has 7 nitrogen and oxygen atoms in total. The van der Waals surface area contributed by atoms with Crippen LogP contribution >= 0.6 is 0 Å². The van der Waals surface area contributed by atoms with Crippen molar-refractivity contribution in [2.45, 2.75) is 0 Å². The van der Waals surface area contributed by atoms with E-state index in [9.17, 15) is 20.1 Å². The largest absolute Gasteiger partial charge is 0.504 e. The minimum atomic E-state index is -0.685. The summed E-state index contributed by atoms with van der Waals surface area (Å²) in [5.41, 5.74) is -0.132. The lowest BCUT2D eigenvalue weighted by Crippen LogP contribution is -2.04. The van der Waals surface area contributed by atoms with E-state index >= 15 is 0 Å². The number of methoxy groups -OCH3 is 2. The molecule has 0 bridgehead atoms. The number of phenols is 3. The maximum absolute atomic E-state index is 12.3. The summed E-state index contributed by atoms with van der Waals surface area (Å²) in [4.78, 5) is 12.3. The Morgan fingerprint density at radius 1 is 0.917 bits per heavy atom.